The molecule has 1 rings (SSSR count). The maximum Gasteiger partial charge on any atom is 0.416 e. The van der Waals surface area contributed by atoms with Crippen molar-refractivity contribution in [3.63, 3.8) is 0 Å². The van der Waals surface area contributed by atoms with E-state index < -0.39 is 11.7 Å². The number of benzene rings is 1. The molecule has 0 atom stereocenters. The first-order valence-corrected chi connectivity index (χ1v) is 4.50. The SMILES string of the molecule is Cc1ccccc1/C(=C\CN)C(F)(F)F. The first-order valence-electron chi connectivity index (χ1n) is 4.50. The van der Waals surface area contributed by atoms with E-state index in [-0.39, 0.29) is 12.1 Å². The number of nitrogens with two attached hydrogens (primary N) is 1. The summed E-state index contributed by atoms with van der Waals surface area (Å²) in [6.07, 6.45) is -3.35. The molecule has 0 saturated carbocycles. The van der Waals surface area contributed by atoms with Gasteiger partial charge < -0.3 is 5.73 Å². The van der Waals surface area contributed by atoms with Crippen LogP contribution in [0.2, 0.25) is 0 Å². The minimum atomic E-state index is -4.36. The van der Waals surface area contributed by atoms with Crippen molar-refractivity contribution in [1.29, 1.82) is 0 Å². The van der Waals surface area contributed by atoms with Crippen molar-refractivity contribution in [2.75, 3.05) is 6.54 Å². The zero-order valence-electron chi connectivity index (χ0n) is 8.31. The first kappa shape index (κ1) is 11.8. The Kier molecular flexibility index (Phi) is 3.52. The zero-order valence-corrected chi connectivity index (χ0v) is 8.31. The van der Waals surface area contributed by atoms with Crippen LogP contribution in [0.4, 0.5) is 13.2 Å². The number of allylic oxidation sites excluding steroid dienone is 1. The van der Waals surface area contributed by atoms with Gasteiger partial charge in [0.25, 0.3) is 0 Å². The number of alkyl halides is 3. The fourth-order valence-corrected chi connectivity index (χ4v) is 1.37. The molecule has 1 nitrogen and oxygen atoms in total. The Morgan fingerprint density at radius 2 is 1.93 bits per heavy atom. The van der Waals surface area contributed by atoms with Gasteiger partial charge in [0.05, 0.1) is 5.57 Å². The van der Waals surface area contributed by atoms with Gasteiger partial charge in [-0.1, -0.05) is 30.3 Å². The molecular formula is C11H12F3N. The molecule has 0 aliphatic carbocycles. The molecule has 0 aliphatic heterocycles. The van der Waals surface area contributed by atoms with Gasteiger partial charge in [0.1, 0.15) is 0 Å². The molecule has 2 N–H and O–H groups in total. The normalized spacial score (nSPS) is 13.0. The van der Waals surface area contributed by atoms with Gasteiger partial charge in [0.15, 0.2) is 0 Å². The van der Waals surface area contributed by atoms with Gasteiger partial charge >= 0.3 is 6.18 Å². The highest BCUT2D eigenvalue weighted by Crippen LogP contribution is 2.34. The second kappa shape index (κ2) is 4.49. The molecule has 0 aromatic heterocycles. The molecule has 0 spiro atoms. The Balaban J connectivity index is 3.24. The van der Waals surface area contributed by atoms with E-state index in [0.717, 1.165) is 6.08 Å². The third kappa shape index (κ3) is 2.83. The van der Waals surface area contributed by atoms with E-state index in [1.165, 1.54) is 6.07 Å². The van der Waals surface area contributed by atoms with Crippen molar-refractivity contribution >= 4 is 5.57 Å². The van der Waals surface area contributed by atoms with Crippen LogP contribution in [0.5, 0.6) is 0 Å². The molecule has 0 saturated heterocycles. The van der Waals surface area contributed by atoms with Crippen LogP contribution in [-0.2, 0) is 0 Å². The smallest absolute Gasteiger partial charge is 0.327 e. The molecule has 1 aromatic rings. The molecule has 82 valence electrons. The lowest BCUT2D eigenvalue weighted by Crippen LogP contribution is -2.13. The lowest BCUT2D eigenvalue weighted by Gasteiger charge is -2.13. The van der Waals surface area contributed by atoms with E-state index in [0.29, 0.717) is 5.56 Å². The molecular weight excluding hydrogens is 203 g/mol. The Bertz CT molecular complexity index is 366. The Morgan fingerprint density at radius 1 is 1.33 bits per heavy atom. The third-order valence-corrected chi connectivity index (χ3v) is 2.06. The molecule has 0 aliphatic rings. The maximum absolute atomic E-state index is 12.6. The Hall–Kier alpha value is -1.29. The topological polar surface area (TPSA) is 26.0 Å². The summed E-state index contributed by atoms with van der Waals surface area (Å²) in [5.74, 6) is 0. The monoisotopic (exact) mass is 215 g/mol. The highest BCUT2D eigenvalue weighted by atomic mass is 19.4. The molecule has 0 radical (unpaired) electrons. The first-order chi connectivity index (χ1) is 6.96. The van der Waals surface area contributed by atoms with Crippen LogP contribution in [0.3, 0.4) is 0 Å². The summed E-state index contributed by atoms with van der Waals surface area (Å²) in [6.45, 7) is 1.52. The van der Waals surface area contributed by atoms with E-state index in [1.54, 1.807) is 25.1 Å². The second-order valence-electron chi connectivity index (χ2n) is 3.17. The van der Waals surface area contributed by atoms with Crippen molar-refractivity contribution in [2.45, 2.75) is 13.1 Å². The van der Waals surface area contributed by atoms with Gasteiger partial charge in [-0.25, -0.2) is 0 Å². The largest absolute Gasteiger partial charge is 0.416 e. The summed E-state index contributed by atoms with van der Waals surface area (Å²) < 4.78 is 37.9. The average Bonchev–Trinajstić information content (AvgIpc) is 2.14. The van der Waals surface area contributed by atoms with Crippen LogP contribution in [0, 0.1) is 6.92 Å². The van der Waals surface area contributed by atoms with Crippen molar-refractivity contribution in [2.24, 2.45) is 5.73 Å². The fraction of sp³-hybridized carbons (Fsp3) is 0.273. The summed E-state index contributed by atoms with van der Waals surface area (Å²) in [6, 6.07) is 6.38. The summed E-state index contributed by atoms with van der Waals surface area (Å²) >= 11 is 0. The lowest BCUT2D eigenvalue weighted by molar-refractivity contribution is -0.0690. The van der Waals surface area contributed by atoms with Crippen LogP contribution in [0.25, 0.3) is 5.57 Å². The summed E-state index contributed by atoms with van der Waals surface area (Å²) in [5.41, 5.74) is 5.26. The van der Waals surface area contributed by atoms with Crippen molar-refractivity contribution < 1.29 is 13.2 Å². The number of halogens is 3. The number of rotatable bonds is 2. The van der Waals surface area contributed by atoms with Crippen molar-refractivity contribution in [3.05, 3.63) is 41.5 Å². The zero-order chi connectivity index (χ0) is 11.5. The Morgan fingerprint density at radius 3 is 2.40 bits per heavy atom. The molecule has 1 aromatic carbocycles. The summed E-state index contributed by atoms with van der Waals surface area (Å²) in [7, 11) is 0. The minimum absolute atomic E-state index is 0.122. The standard InChI is InChI=1S/C11H12F3N/c1-8-4-2-3-5-9(8)10(6-7-15)11(12,13)14/h2-6H,7,15H2,1H3/b10-6+. The Labute approximate surface area is 86.4 Å². The predicted molar refractivity (Wildman–Crippen MR) is 54.3 cm³/mol. The molecule has 0 amide bonds. The molecule has 0 heterocycles. The van der Waals surface area contributed by atoms with Crippen LogP contribution < -0.4 is 5.73 Å². The molecule has 15 heavy (non-hydrogen) atoms. The highest BCUT2D eigenvalue weighted by Gasteiger charge is 2.34. The molecule has 0 bridgehead atoms. The van der Waals surface area contributed by atoms with E-state index in [4.69, 9.17) is 5.73 Å². The van der Waals surface area contributed by atoms with Gasteiger partial charge in [0, 0.05) is 6.54 Å². The van der Waals surface area contributed by atoms with Crippen LogP contribution in [-0.4, -0.2) is 12.7 Å². The summed E-state index contributed by atoms with van der Waals surface area (Å²) in [5, 5.41) is 0. The van der Waals surface area contributed by atoms with E-state index in [2.05, 4.69) is 0 Å². The third-order valence-electron chi connectivity index (χ3n) is 2.06. The van der Waals surface area contributed by atoms with Gasteiger partial charge in [-0.05, 0) is 18.1 Å². The lowest BCUT2D eigenvalue weighted by atomic mass is 10.00. The maximum atomic E-state index is 12.6. The molecule has 4 heteroatoms. The molecule has 0 unspecified atom stereocenters. The number of hydrogen-bond donors (Lipinski definition) is 1. The van der Waals surface area contributed by atoms with Gasteiger partial charge in [-0.3, -0.25) is 0 Å². The second-order valence-corrected chi connectivity index (χ2v) is 3.17. The fourth-order valence-electron chi connectivity index (χ4n) is 1.37. The van der Waals surface area contributed by atoms with E-state index in [1.807, 2.05) is 0 Å². The minimum Gasteiger partial charge on any atom is -0.327 e. The van der Waals surface area contributed by atoms with Crippen LogP contribution >= 0.6 is 0 Å². The van der Waals surface area contributed by atoms with Crippen LogP contribution in [0.15, 0.2) is 30.3 Å². The quantitative estimate of drug-likeness (QED) is 0.806. The van der Waals surface area contributed by atoms with Crippen molar-refractivity contribution in [1.82, 2.24) is 0 Å². The van der Waals surface area contributed by atoms with Crippen LogP contribution in [0.1, 0.15) is 11.1 Å². The van der Waals surface area contributed by atoms with E-state index >= 15 is 0 Å². The van der Waals surface area contributed by atoms with Gasteiger partial charge in [-0.2, -0.15) is 13.2 Å². The van der Waals surface area contributed by atoms with Gasteiger partial charge in [0.2, 0.25) is 0 Å². The number of hydrogen-bond acceptors (Lipinski definition) is 1. The predicted octanol–water partition coefficient (Wildman–Crippen LogP) is 2.90. The molecule has 0 fully saturated rings. The summed E-state index contributed by atoms with van der Waals surface area (Å²) in [4.78, 5) is 0. The van der Waals surface area contributed by atoms with Gasteiger partial charge in [-0.15, -0.1) is 0 Å². The highest BCUT2D eigenvalue weighted by molar-refractivity contribution is 5.71. The van der Waals surface area contributed by atoms with E-state index in [9.17, 15) is 13.2 Å². The average molecular weight is 215 g/mol. The number of aryl methyl sites for hydroxylation is 1. The van der Waals surface area contributed by atoms with Crippen molar-refractivity contribution in [3.8, 4) is 0 Å².